The zero-order valence-corrected chi connectivity index (χ0v) is 17.4. The number of carbonyl (C=O) groups excluding carboxylic acids is 4. The average Bonchev–Trinajstić information content (AvgIpc) is 2.98. The van der Waals surface area contributed by atoms with Crippen LogP contribution in [0.4, 0.5) is 5.69 Å². The first kappa shape index (κ1) is 20.5. The van der Waals surface area contributed by atoms with Crippen molar-refractivity contribution in [2.45, 2.75) is 63.6 Å². The first-order chi connectivity index (χ1) is 14.4. The number of benzene rings is 1. The van der Waals surface area contributed by atoms with Gasteiger partial charge < -0.3 is 10.2 Å². The molecule has 8 nitrogen and oxygen atoms in total. The second kappa shape index (κ2) is 8.18. The summed E-state index contributed by atoms with van der Waals surface area (Å²) in [5.41, 5.74) is 1.52. The van der Waals surface area contributed by atoms with E-state index < -0.39 is 23.8 Å². The highest BCUT2D eigenvalue weighted by Crippen LogP contribution is 2.32. The predicted molar refractivity (Wildman–Crippen MR) is 111 cm³/mol. The molecular weight excluding hydrogens is 384 g/mol. The molecule has 3 atom stereocenters. The van der Waals surface area contributed by atoms with E-state index in [4.69, 9.17) is 0 Å². The van der Waals surface area contributed by atoms with Crippen molar-refractivity contribution in [1.29, 1.82) is 0 Å². The maximum atomic E-state index is 13.1. The minimum Gasteiger partial charge on any atom is -0.370 e. The quantitative estimate of drug-likeness (QED) is 0.710. The van der Waals surface area contributed by atoms with Gasteiger partial charge in [-0.25, -0.2) is 0 Å². The van der Waals surface area contributed by atoms with E-state index in [1.165, 1.54) is 12.8 Å². The molecule has 2 fully saturated rings. The summed E-state index contributed by atoms with van der Waals surface area (Å²) in [7, 11) is 2.03. The molecule has 4 rings (SSSR count). The molecule has 1 unspecified atom stereocenters. The highest BCUT2D eigenvalue weighted by Gasteiger charge is 2.44. The molecule has 30 heavy (non-hydrogen) atoms. The van der Waals surface area contributed by atoms with Gasteiger partial charge in [-0.15, -0.1) is 0 Å². The summed E-state index contributed by atoms with van der Waals surface area (Å²) >= 11 is 0. The zero-order valence-electron chi connectivity index (χ0n) is 17.4. The molecule has 4 amide bonds. The standard InChI is InChI=1S/C22H28N4O4/c1-3-23-16-6-4-5-7-17(16)25(2)13-8-9-14-15(12-13)22(30)26(21(14)29)18-10-11-19(27)24-20(18)28/h8-9,12,16-18,23H,3-7,10-11H2,1-2H3,(H,24,27,28)/t16-,17-,18?/m1/s1. The molecule has 2 heterocycles. The summed E-state index contributed by atoms with van der Waals surface area (Å²) in [5.74, 6) is -1.90. The van der Waals surface area contributed by atoms with Gasteiger partial charge in [0.25, 0.3) is 11.8 Å². The van der Waals surface area contributed by atoms with Gasteiger partial charge in [0.15, 0.2) is 0 Å². The maximum absolute atomic E-state index is 13.1. The Kier molecular flexibility index (Phi) is 5.60. The molecule has 2 N–H and O–H groups in total. The van der Waals surface area contributed by atoms with Gasteiger partial charge in [0, 0.05) is 31.2 Å². The lowest BCUT2D eigenvalue weighted by Gasteiger charge is -2.39. The van der Waals surface area contributed by atoms with Gasteiger partial charge in [0.2, 0.25) is 11.8 Å². The number of hydrogen-bond acceptors (Lipinski definition) is 6. The van der Waals surface area contributed by atoms with E-state index in [1.807, 2.05) is 13.1 Å². The summed E-state index contributed by atoms with van der Waals surface area (Å²) in [6.07, 6.45) is 4.85. The van der Waals surface area contributed by atoms with Crippen molar-refractivity contribution in [3.63, 3.8) is 0 Å². The van der Waals surface area contributed by atoms with Gasteiger partial charge in [-0.05, 0) is 44.0 Å². The molecule has 160 valence electrons. The number of rotatable bonds is 5. The Balaban J connectivity index is 1.59. The molecule has 0 bridgehead atoms. The fourth-order valence-corrected chi connectivity index (χ4v) is 4.95. The number of amides is 4. The van der Waals surface area contributed by atoms with Crippen LogP contribution in [0, 0.1) is 0 Å². The minimum absolute atomic E-state index is 0.116. The lowest BCUT2D eigenvalue weighted by molar-refractivity contribution is -0.136. The van der Waals surface area contributed by atoms with Crippen molar-refractivity contribution < 1.29 is 19.2 Å². The Morgan fingerprint density at radius 3 is 2.53 bits per heavy atom. The zero-order chi connectivity index (χ0) is 21.4. The van der Waals surface area contributed by atoms with Crippen LogP contribution in [0.3, 0.4) is 0 Å². The Labute approximate surface area is 176 Å². The monoisotopic (exact) mass is 412 g/mol. The molecule has 2 aliphatic heterocycles. The third kappa shape index (κ3) is 3.49. The normalized spacial score (nSPS) is 26.6. The van der Waals surface area contributed by atoms with Gasteiger partial charge in [0.05, 0.1) is 11.1 Å². The molecule has 1 aromatic rings. The first-order valence-electron chi connectivity index (χ1n) is 10.7. The number of imide groups is 2. The van der Waals surface area contributed by atoms with Crippen LogP contribution < -0.4 is 15.5 Å². The number of likely N-dealkylation sites (N-methyl/N-ethyl adjacent to an activating group) is 2. The van der Waals surface area contributed by atoms with E-state index in [1.54, 1.807) is 12.1 Å². The maximum Gasteiger partial charge on any atom is 0.262 e. The van der Waals surface area contributed by atoms with Crippen molar-refractivity contribution >= 4 is 29.3 Å². The number of piperidine rings is 1. The SMILES string of the molecule is CCN[C@@H]1CCCC[C@H]1N(C)c1ccc2c(c1)C(=O)N(C1CCC(=O)NC1=O)C2=O. The summed E-state index contributed by atoms with van der Waals surface area (Å²) in [5, 5.41) is 5.79. The topological polar surface area (TPSA) is 98.8 Å². The highest BCUT2D eigenvalue weighted by atomic mass is 16.2. The van der Waals surface area contributed by atoms with E-state index in [2.05, 4.69) is 22.5 Å². The minimum atomic E-state index is -0.937. The van der Waals surface area contributed by atoms with E-state index in [-0.39, 0.29) is 18.7 Å². The summed E-state index contributed by atoms with van der Waals surface area (Å²) < 4.78 is 0. The Morgan fingerprint density at radius 2 is 1.80 bits per heavy atom. The number of nitrogens with one attached hydrogen (secondary N) is 2. The summed E-state index contributed by atoms with van der Waals surface area (Å²) in [6.45, 7) is 3.02. The van der Waals surface area contributed by atoms with Gasteiger partial charge in [-0.1, -0.05) is 19.8 Å². The second-order valence-electron chi connectivity index (χ2n) is 8.30. The van der Waals surface area contributed by atoms with E-state index >= 15 is 0 Å². The number of carbonyl (C=O) groups is 4. The van der Waals surface area contributed by atoms with Crippen LogP contribution in [0.2, 0.25) is 0 Å². The highest BCUT2D eigenvalue weighted by molar-refractivity contribution is 6.23. The molecule has 3 aliphatic rings. The predicted octanol–water partition coefficient (Wildman–Crippen LogP) is 1.44. The molecule has 8 heteroatoms. The average molecular weight is 412 g/mol. The van der Waals surface area contributed by atoms with E-state index in [9.17, 15) is 19.2 Å². The lowest BCUT2D eigenvalue weighted by Crippen LogP contribution is -2.54. The fraction of sp³-hybridized carbons (Fsp3) is 0.545. The van der Waals surface area contributed by atoms with Crippen molar-refractivity contribution in [2.24, 2.45) is 0 Å². The van der Waals surface area contributed by atoms with Crippen molar-refractivity contribution in [3.05, 3.63) is 29.3 Å². The smallest absolute Gasteiger partial charge is 0.262 e. The molecule has 1 aliphatic carbocycles. The van der Waals surface area contributed by atoms with E-state index in [0.29, 0.717) is 23.2 Å². The van der Waals surface area contributed by atoms with Crippen LogP contribution in [0.15, 0.2) is 18.2 Å². The van der Waals surface area contributed by atoms with Gasteiger partial charge in [-0.3, -0.25) is 29.4 Å². The van der Waals surface area contributed by atoms with Crippen LogP contribution in [0.5, 0.6) is 0 Å². The molecule has 1 aromatic carbocycles. The Hall–Kier alpha value is -2.74. The molecule has 0 spiro atoms. The van der Waals surface area contributed by atoms with Crippen LogP contribution in [0.25, 0.3) is 0 Å². The molecule has 1 saturated heterocycles. The van der Waals surface area contributed by atoms with Gasteiger partial charge >= 0.3 is 0 Å². The van der Waals surface area contributed by atoms with Crippen molar-refractivity contribution in [2.75, 3.05) is 18.5 Å². The summed E-state index contributed by atoms with van der Waals surface area (Å²) in [6, 6.07) is 5.08. The van der Waals surface area contributed by atoms with Crippen LogP contribution in [-0.2, 0) is 9.59 Å². The van der Waals surface area contributed by atoms with Crippen LogP contribution >= 0.6 is 0 Å². The van der Waals surface area contributed by atoms with Gasteiger partial charge in [0.1, 0.15) is 6.04 Å². The van der Waals surface area contributed by atoms with Gasteiger partial charge in [-0.2, -0.15) is 0 Å². The summed E-state index contributed by atoms with van der Waals surface area (Å²) in [4.78, 5) is 52.8. The van der Waals surface area contributed by atoms with Crippen LogP contribution in [0.1, 0.15) is 66.2 Å². The largest absolute Gasteiger partial charge is 0.370 e. The molecule has 1 saturated carbocycles. The molecule has 0 aromatic heterocycles. The first-order valence-corrected chi connectivity index (χ1v) is 10.7. The number of fused-ring (bicyclic) bond motifs is 1. The van der Waals surface area contributed by atoms with Crippen molar-refractivity contribution in [3.8, 4) is 0 Å². The Morgan fingerprint density at radius 1 is 1.07 bits per heavy atom. The lowest BCUT2D eigenvalue weighted by atomic mass is 9.89. The number of nitrogens with zero attached hydrogens (tertiary/aromatic N) is 2. The Bertz CT molecular complexity index is 897. The fourth-order valence-electron chi connectivity index (χ4n) is 4.95. The molecule has 0 radical (unpaired) electrons. The third-order valence-corrected chi connectivity index (χ3v) is 6.52. The van der Waals surface area contributed by atoms with E-state index in [0.717, 1.165) is 30.0 Å². The van der Waals surface area contributed by atoms with Crippen LogP contribution in [-0.4, -0.2) is 60.2 Å². The number of hydrogen-bond donors (Lipinski definition) is 2. The van der Waals surface area contributed by atoms with Crippen molar-refractivity contribution in [1.82, 2.24) is 15.5 Å². The second-order valence-corrected chi connectivity index (χ2v) is 8.30. The number of anilines is 1. The molecular formula is C22H28N4O4. The third-order valence-electron chi connectivity index (χ3n) is 6.52.